The maximum atomic E-state index is 13.5. The summed E-state index contributed by atoms with van der Waals surface area (Å²) in [5.74, 6) is 1.40. The van der Waals surface area contributed by atoms with Gasteiger partial charge in [0.15, 0.2) is 0 Å². The van der Waals surface area contributed by atoms with Crippen molar-refractivity contribution in [2.75, 3.05) is 0 Å². The van der Waals surface area contributed by atoms with Gasteiger partial charge in [0.1, 0.15) is 5.78 Å². The van der Waals surface area contributed by atoms with Crippen molar-refractivity contribution in [1.82, 2.24) is 0 Å². The molecule has 0 spiro atoms. The van der Waals surface area contributed by atoms with E-state index in [1.807, 2.05) is 6.07 Å². The first-order valence-corrected chi connectivity index (χ1v) is 8.79. The van der Waals surface area contributed by atoms with Crippen LogP contribution < -0.4 is 0 Å². The van der Waals surface area contributed by atoms with Gasteiger partial charge in [-0.2, -0.15) is 0 Å². The van der Waals surface area contributed by atoms with E-state index in [2.05, 4.69) is 45.0 Å². The molecule has 1 heteroatoms. The molecule has 0 aromatic heterocycles. The number of hydrogen-bond donors (Lipinski definition) is 0. The molecule has 21 heavy (non-hydrogen) atoms. The van der Waals surface area contributed by atoms with Crippen molar-refractivity contribution in [2.24, 2.45) is 11.8 Å². The Kier molecular flexibility index (Phi) is 5.61. The third kappa shape index (κ3) is 3.07. The van der Waals surface area contributed by atoms with Crippen molar-refractivity contribution in [3.63, 3.8) is 0 Å². The number of carbonyl (C=O) groups is 1. The second-order valence-corrected chi connectivity index (χ2v) is 6.58. The van der Waals surface area contributed by atoms with Crippen LogP contribution in [-0.4, -0.2) is 5.78 Å². The molecule has 1 aliphatic carbocycles. The Labute approximate surface area is 130 Å². The molecule has 0 aliphatic heterocycles. The average molecular weight is 286 g/mol. The van der Waals surface area contributed by atoms with Gasteiger partial charge < -0.3 is 0 Å². The summed E-state index contributed by atoms with van der Waals surface area (Å²) in [6.45, 7) is 6.61. The zero-order chi connectivity index (χ0) is 15.3. The Balaban J connectivity index is 2.35. The van der Waals surface area contributed by atoms with E-state index in [1.54, 1.807) is 0 Å². The highest BCUT2D eigenvalue weighted by Crippen LogP contribution is 2.42. The summed E-state index contributed by atoms with van der Waals surface area (Å²) in [6, 6.07) is 10.5. The predicted octanol–water partition coefficient (Wildman–Crippen LogP) is 5.53. The first-order valence-electron chi connectivity index (χ1n) is 8.79. The van der Waals surface area contributed by atoms with Gasteiger partial charge in [0, 0.05) is 5.92 Å². The van der Waals surface area contributed by atoms with E-state index >= 15 is 0 Å². The zero-order valence-electron chi connectivity index (χ0n) is 13.9. The summed E-state index contributed by atoms with van der Waals surface area (Å²) in [7, 11) is 0. The van der Waals surface area contributed by atoms with Crippen LogP contribution in [0.25, 0.3) is 0 Å². The van der Waals surface area contributed by atoms with E-state index in [-0.39, 0.29) is 11.3 Å². The monoisotopic (exact) mass is 286 g/mol. The van der Waals surface area contributed by atoms with Gasteiger partial charge in [0.25, 0.3) is 0 Å². The number of ketones is 1. The van der Waals surface area contributed by atoms with E-state index in [0.717, 1.165) is 25.7 Å². The Morgan fingerprint density at radius 2 is 1.67 bits per heavy atom. The molecule has 0 bridgehead atoms. The number of carbonyl (C=O) groups excluding carboxylic acids is 1. The highest BCUT2D eigenvalue weighted by atomic mass is 16.1. The van der Waals surface area contributed by atoms with Gasteiger partial charge >= 0.3 is 0 Å². The van der Waals surface area contributed by atoms with Gasteiger partial charge in [-0.05, 0) is 37.2 Å². The minimum absolute atomic E-state index is 0.267. The molecule has 1 aromatic rings. The summed E-state index contributed by atoms with van der Waals surface area (Å²) in [4.78, 5) is 13.5. The van der Waals surface area contributed by atoms with Gasteiger partial charge in [0.05, 0.1) is 5.41 Å². The molecule has 0 N–H and O–H groups in total. The third-order valence-corrected chi connectivity index (χ3v) is 5.78. The molecule has 0 radical (unpaired) electrons. The molecule has 1 fully saturated rings. The average Bonchev–Trinajstić information content (AvgIpc) is 2.57. The first kappa shape index (κ1) is 16.3. The molecule has 1 saturated carbocycles. The normalized spacial score (nSPS) is 23.0. The van der Waals surface area contributed by atoms with Crippen LogP contribution in [0.15, 0.2) is 30.3 Å². The standard InChI is InChI=1S/C20H30O/c1-4-16-12-10-11-15-18(16)19(21)20(5-2,6-3)17-13-8-7-9-14-17/h7-9,13-14,16,18H,4-6,10-12,15H2,1-3H3. The maximum Gasteiger partial charge on any atom is 0.146 e. The minimum atomic E-state index is -0.267. The van der Waals surface area contributed by atoms with E-state index in [4.69, 9.17) is 0 Å². The van der Waals surface area contributed by atoms with E-state index < -0.39 is 0 Å². The van der Waals surface area contributed by atoms with Crippen molar-refractivity contribution in [3.05, 3.63) is 35.9 Å². The maximum absolute atomic E-state index is 13.5. The fourth-order valence-corrected chi connectivity index (χ4v) is 4.30. The zero-order valence-corrected chi connectivity index (χ0v) is 13.9. The van der Waals surface area contributed by atoms with Crippen molar-refractivity contribution in [2.45, 2.75) is 71.1 Å². The van der Waals surface area contributed by atoms with Crippen LogP contribution in [0.1, 0.15) is 71.3 Å². The van der Waals surface area contributed by atoms with E-state index in [1.165, 1.54) is 24.8 Å². The van der Waals surface area contributed by atoms with Crippen molar-refractivity contribution >= 4 is 5.78 Å². The highest BCUT2D eigenvalue weighted by Gasteiger charge is 2.43. The lowest BCUT2D eigenvalue weighted by Gasteiger charge is -2.39. The molecule has 0 amide bonds. The molecule has 116 valence electrons. The summed E-state index contributed by atoms with van der Waals surface area (Å²) in [6.07, 6.45) is 7.86. The molecule has 0 heterocycles. The molecular weight excluding hydrogens is 256 g/mol. The van der Waals surface area contributed by atoms with Gasteiger partial charge in [-0.3, -0.25) is 4.79 Å². The second-order valence-electron chi connectivity index (χ2n) is 6.58. The summed E-state index contributed by atoms with van der Waals surface area (Å²) in [5, 5.41) is 0. The van der Waals surface area contributed by atoms with Gasteiger partial charge in [-0.15, -0.1) is 0 Å². The fourth-order valence-electron chi connectivity index (χ4n) is 4.30. The van der Waals surface area contributed by atoms with Crippen LogP contribution in [0.3, 0.4) is 0 Å². The molecule has 1 aromatic carbocycles. The lowest BCUT2D eigenvalue weighted by Crippen LogP contribution is -2.42. The number of hydrogen-bond acceptors (Lipinski definition) is 1. The van der Waals surface area contributed by atoms with Gasteiger partial charge in [0.2, 0.25) is 0 Å². The summed E-state index contributed by atoms with van der Waals surface area (Å²) < 4.78 is 0. The number of rotatable bonds is 6. The Morgan fingerprint density at radius 1 is 1.05 bits per heavy atom. The number of Topliss-reactive ketones (excluding diaryl/α,β-unsaturated/α-hetero) is 1. The van der Waals surface area contributed by atoms with Crippen LogP contribution in [0.2, 0.25) is 0 Å². The van der Waals surface area contributed by atoms with E-state index in [9.17, 15) is 4.79 Å². The SMILES string of the molecule is CCC1CCCCC1C(=O)C(CC)(CC)c1ccccc1. The molecule has 0 saturated heterocycles. The first-order chi connectivity index (χ1) is 10.2. The van der Waals surface area contributed by atoms with Crippen LogP contribution in [0, 0.1) is 11.8 Å². The van der Waals surface area contributed by atoms with E-state index in [0.29, 0.717) is 11.7 Å². The van der Waals surface area contributed by atoms with Gasteiger partial charge in [-0.1, -0.05) is 70.4 Å². The predicted molar refractivity (Wildman–Crippen MR) is 89.4 cm³/mol. The summed E-state index contributed by atoms with van der Waals surface area (Å²) >= 11 is 0. The largest absolute Gasteiger partial charge is 0.298 e. The molecular formula is C20H30O. The molecule has 2 atom stereocenters. The van der Waals surface area contributed by atoms with Crippen molar-refractivity contribution in [1.29, 1.82) is 0 Å². The Morgan fingerprint density at radius 3 is 2.24 bits per heavy atom. The lowest BCUT2D eigenvalue weighted by molar-refractivity contribution is -0.132. The lowest BCUT2D eigenvalue weighted by atomic mass is 9.63. The molecule has 2 rings (SSSR count). The van der Waals surface area contributed by atoms with Crippen molar-refractivity contribution < 1.29 is 4.79 Å². The quantitative estimate of drug-likeness (QED) is 0.672. The highest BCUT2D eigenvalue weighted by molar-refractivity contribution is 5.92. The van der Waals surface area contributed by atoms with Crippen LogP contribution >= 0.6 is 0 Å². The summed E-state index contributed by atoms with van der Waals surface area (Å²) in [5.41, 5.74) is 0.955. The van der Waals surface area contributed by atoms with Crippen LogP contribution in [-0.2, 0) is 10.2 Å². The molecule has 1 nitrogen and oxygen atoms in total. The Hall–Kier alpha value is -1.11. The van der Waals surface area contributed by atoms with Crippen molar-refractivity contribution in [3.8, 4) is 0 Å². The minimum Gasteiger partial charge on any atom is -0.298 e. The molecule has 2 unspecified atom stereocenters. The Bertz CT molecular complexity index is 444. The van der Waals surface area contributed by atoms with Crippen LogP contribution in [0.5, 0.6) is 0 Å². The third-order valence-electron chi connectivity index (χ3n) is 5.78. The number of benzene rings is 1. The smallest absolute Gasteiger partial charge is 0.146 e. The van der Waals surface area contributed by atoms with Crippen LogP contribution in [0.4, 0.5) is 0 Å². The molecule has 1 aliphatic rings. The second kappa shape index (κ2) is 7.24. The fraction of sp³-hybridized carbons (Fsp3) is 0.650. The van der Waals surface area contributed by atoms with Gasteiger partial charge in [-0.25, -0.2) is 0 Å². The topological polar surface area (TPSA) is 17.1 Å².